The summed E-state index contributed by atoms with van der Waals surface area (Å²) >= 11 is 0. The molecular formula is C10H14N4O2. The quantitative estimate of drug-likeness (QED) is 0.596. The van der Waals surface area contributed by atoms with Gasteiger partial charge in [-0.1, -0.05) is 6.07 Å². The van der Waals surface area contributed by atoms with Crippen molar-refractivity contribution in [3.8, 4) is 0 Å². The Morgan fingerprint density at radius 3 is 2.31 bits per heavy atom. The van der Waals surface area contributed by atoms with Gasteiger partial charge in [0, 0.05) is 11.4 Å². The minimum absolute atomic E-state index is 0.295. The van der Waals surface area contributed by atoms with Crippen LogP contribution in [0.25, 0.3) is 0 Å². The van der Waals surface area contributed by atoms with Gasteiger partial charge in [-0.25, -0.2) is 4.79 Å². The summed E-state index contributed by atoms with van der Waals surface area (Å²) in [5.74, 6) is -0.295. The first-order chi connectivity index (χ1) is 7.49. The molecule has 0 radical (unpaired) electrons. The zero-order valence-corrected chi connectivity index (χ0v) is 8.86. The maximum atomic E-state index is 11.3. The molecule has 1 atom stereocenters. The average Bonchev–Trinajstić information content (AvgIpc) is 2.16. The second kappa shape index (κ2) is 5.13. The molecular weight excluding hydrogens is 208 g/mol. The summed E-state index contributed by atoms with van der Waals surface area (Å²) < 4.78 is 0. The highest BCUT2D eigenvalue weighted by Gasteiger charge is 2.07. The molecule has 3 amide bonds. The SMILES string of the molecule is CC(N)C(=O)Nc1cccc(NC(N)=O)c1. The second-order valence-electron chi connectivity index (χ2n) is 3.35. The van der Waals surface area contributed by atoms with Gasteiger partial charge in [0.2, 0.25) is 5.91 Å². The van der Waals surface area contributed by atoms with Crippen LogP contribution >= 0.6 is 0 Å². The minimum atomic E-state index is -0.657. The molecule has 16 heavy (non-hydrogen) atoms. The Labute approximate surface area is 93.0 Å². The lowest BCUT2D eigenvalue weighted by Crippen LogP contribution is -2.32. The first kappa shape index (κ1) is 12.0. The highest BCUT2D eigenvalue weighted by atomic mass is 16.2. The van der Waals surface area contributed by atoms with E-state index in [2.05, 4.69) is 10.6 Å². The molecule has 0 aromatic heterocycles. The van der Waals surface area contributed by atoms with Crippen LogP contribution in [0.3, 0.4) is 0 Å². The summed E-state index contributed by atoms with van der Waals surface area (Å²) in [6.07, 6.45) is 0. The van der Waals surface area contributed by atoms with E-state index in [1.165, 1.54) is 0 Å². The molecule has 0 spiro atoms. The van der Waals surface area contributed by atoms with Crippen molar-refractivity contribution in [2.45, 2.75) is 13.0 Å². The largest absolute Gasteiger partial charge is 0.351 e. The molecule has 0 saturated heterocycles. The van der Waals surface area contributed by atoms with E-state index in [-0.39, 0.29) is 5.91 Å². The fraction of sp³-hybridized carbons (Fsp3) is 0.200. The molecule has 0 aliphatic carbocycles. The Bertz CT molecular complexity index is 404. The Kier molecular flexibility index (Phi) is 3.84. The van der Waals surface area contributed by atoms with E-state index in [4.69, 9.17) is 11.5 Å². The first-order valence-electron chi connectivity index (χ1n) is 4.72. The predicted molar refractivity (Wildman–Crippen MR) is 61.9 cm³/mol. The third kappa shape index (κ3) is 3.58. The number of carbonyl (C=O) groups excluding carboxylic acids is 2. The van der Waals surface area contributed by atoms with E-state index >= 15 is 0 Å². The number of amides is 3. The molecule has 6 nitrogen and oxygen atoms in total. The summed E-state index contributed by atoms with van der Waals surface area (Å²) in [5.41, 5.74) is 11.4. The number of carbonyl (C=O) groups is 2. The fourth-order valence-corrected chi connectivity index (χ4v) is 1.07. The van der Waals surface area contributed by atoms with Gasteiger partial charge in [-0.2, -0.15) is 0 Å². The summed E-state index contributed by atoms with van der Waals surface area (Å²) in [5, 5.41) is 5.00. The normalized spacial score (nSPS) is 11.6. The topological polar surface area (TPSA) is 110 Å². The third-order valence-electron chi connectivity index (χ3n) is 1.81. The standard InChI is InChI=1S/C10H14N4O2/c1-6(11)9(15)13-7-3-2-4-8(5-7)14-10(12)16/h2-6H,11H2,1H3,(H,13,15)(H3,12,14,16). The Morgan fingerprint density at radius 2 is 1.81 bits per heavy atom. The maximum Gasteiger partial charge on any atom is 0.316 e. The van der Waals surface area contributed by atoms with E-state index in [0.29, 0.717) is 11.4 Å². The highest BCUT2D eigenvalue weighted by molar-refractivity contribution is 5.95. The fourth-order valence-electron chi connectivity index (χ4n) is 1.07. The summed E-state index contributed by atoms with van der Waals surface area (Å²) in [4.78, 5) is 21.9. The molecule has 1 unspecified atom stereocenters. The Balaban J connectivity index is 2.74. The first-order valence-corrected chi connectivity index (χ1v) is 4.72. The molecule has 1 aromatic carbocycles. The van der Waals surface area contributed by atoms with Crippen molar-refractivity contribution in [2.75, 3.05) is 10.6 Å². The molecule has 6 heteroatoms. The minimum Gasteiger partial charge on any atom is -0.351 e. The number of benzene rings is 1. The maximum absolute atomic E-state index is 11.3. The Morgan fingerprint density at radius 1 is 1.25 bits per heavy atom. The molecule has 0 saturated carbocycles. The van der Waals surface area contributed by atoms with Crippen molar-refractivity contribution >= 4 is 23.3 Å². The van der Waals surface area contributed by atoms with Crippen molar-refractivity contribution < 1.29 is 9.59 Å². The van der Waals surface area contributed by atoms with Gasteiger partial charge < -0.3 is 22.1 Å². The highest BCUT2D eigenvalue weighted by Crippen LogP contribution is 2.14. The van der Waals surface area contributed by atoms with Gasteiger partial charge >= 0.3 is 6.03 Å². The predicted octanol–water partition coefficient (Wildman–Crippen LogP) is 0.463. The Hall–Kier alpha value is -2.08. The smallest absolute Gasteiger partial charge is 0.316 e. The van der Waals surface area contributed by atoms with Gasteiger partial charge in [0.25, 0.3) is 0 Å². The van der Waals surface area contributed by atoms with Gasteiger partial charge in [0.15, 0.2) is 0 Å². The van der Waals surface area contributed by atoms with Crippen molar-refractivity contribution in [1.29, 1.82) is 0 Å². The molecule has 0 aliphatic rings. The number of hydrogen-bond donors (Lipinski definition) is 4. The van der Waals surface area contributed by atoms with E-state index in [0.717, 1.165) is 0 Å². The van der Waals surface area contributed by atoms with Crippen molar-refractivity contribution in [3.05, 3.63) is 24.3 Å². The van der Waals surface area contributed by atoms with Crippen LogP contribution in [-0.2, 0) is 4.79 Å². The van der Waals surface area contributed by atoms with E-state index in [1.807, 2.05) is 0 Å². The zero-order chi connectivity index (χ0) is 12.1. The third-order valence-corrected chi connectivity index (χ3v) is 1.81. The summed E-state index contributed by atoms with van der Waals surface area (Å²) in [6, 6.07) is 5.37. The molecule has 1 aromatic rings. The van der Waals surface area contributed by atoms with Crippen molar-refractivity contribution in [2.24, 2.45) is 11.5 Å². The van der Waals surface area contributed by atoms with Crippen molar-refractivity contribution in [3.63, 3.8) is 0 Å². The van der Waals surface area contributed by atoms with E-state index in [9.17, 15) is 9.59 Å². The van der Waals surface area contributed by atoms with Gasteiger partial charge in [-0.15, -0.1) is 0 Å². The number of urea groups is 1. The lowest BCUT2D eigenvalue weighted by molar-refractivity contribution is -0.117. The lowest BCUT2D eigenvalue weighted by atomic mass is 10.2. The van der Waals surface area contributed by atoms with Crippen LogP contribution in [0.15, 0.2) is 24.3 Å². The number of hydrogen-bond acceptors (Lipinski definition) is 3. The number of rotatable bonds is 3. The van der Waals surface area contributed by atoms with Crippen LogP contribution in [0.4, 0.5) is 16.2 Å². The van der Waals surface area contributed by atoms with Gasteiger partial charge in [-0.3, -0.25) is 4.79 Å². The molecule has 1 rings (SSSR count). The van der Waals surface area contributed by atoms with E-state index in [1.54, 1.807) is 31.2 Å². The van der Waals surface area contributed by atoms with Gasteiger partial charge in [0.1, 0.15) is 0 Å². The molecule has 0 heterocycles. The average molecular weight is 222 g/mol. The monoisotopic (exact) mass is 222 g/mol. The number of primary amides is 1. The summed E-state index contributed by atoms with van der Waals surface area (Å²) in [7, 11) is 0. The van der Waals surface area contributed by atoms with Crippen LogP contribution < -0.4 is 22.1 Å². The second-order valence-corrected chi connectivity index (χ2v) is 3.35. The van der Waals surface area contributed by atoms with Crippen LogP contribution in [0.5, 0.6) is 0 Å². The zero-order valence-electron chi connectivity index (χ0n) is 8.86. The molecule has 86 valence electrons. The number of nitrogens with one attached hydrogen (secondary N) is 2. The molecule has 6 N–H and O–H groups in total. The number of anilines is 2. The van der Waals surface area contributed by atoms with Crippen LogP contribution in [0, 0.1) is 0 Å². The number of nitrogens with two attached hydrogens (primary N) is 2. The van der Waals surface area contributed by atoms with Gasteiger partial charge in [0.05, 0.1) is 6.04 Å². The van der Waals surface area contributed by atoms with Crippen LogP contribution in [0.1, 0.15) is 6.92 Å². The molecule has 0 aliphatic heterocycles. The lowest BCUT2D eigenvalue weighted by Gasteiger charge is -2.09. The molecule has 0 fully saturated rings. The van der Waals surface area contributed by atoms with Gasteiger partial charge in [-0.05, 0) is 25.1 Å². The van der Waals surface area contributed by atoms with Crippen LogP contribution in [0.2, 0.25) is 0 Å². The van der Waals surface area contributed by atoms with E-state index < -0.39 is 12.1 Å². The van der Waals surface area contributed by atoms with Crippen LogP contribution in [-0.4, -0.2) is 18.0 Å². The molecule has 0 bridgehead atoms. The van der Waals surface area contributed by atoms with Crippen molar-refractivity contribution in [1.82, 2.24) is 0 Å². The summed E-state index contributed by atoms with van der Waals surface area (Å²) in [6.45, 7) is 1.58.